The zero-order chi connectivity index (χ0) is 48.7. The molecule has 16 heteroatoms. The number of methoxy groups -OCH3 is 1. The van der Waals surface area contributed by atoms with E-state index in [0.29, 0.717) is 63.0 Å². The molecule has 6 aromatic rings. The lowest BCUT2D eigenvalue weighted by molar-refractivity contribution is -0.151. The number of aliphatic carboxylic acids is 1. The fraction of sp³-hybridized carbons (Fsp3) is 0.294. The van der Waals surface area contributed by atoms with Crippen molar-refractivity contribution in [2.24, 2.45) is 10.8 Å². The molecule has 0 bridgehead atoms. The molecule has 6 heterocycles. The number of pyridine rings is 4. The maximum absolute atomic E-state index is 12.7. The van der Waals surface area contributed by atoms with E-state index in [1.807, 2.05) is 99.6 Å². The molecule has 0 saturated carbocycles. The molecule has 0 aliphatic carbocycles. The van der Waals surface area contributed by atoms with Crippen molar-refractivity contribution in [3.63, 3.8) is 0 Å². The summed E-state index contributed by atoms with van der Waals surface area (Å²) in [5, 5.41) is 10.3. The number of benzene rings is 2. The van der Waals surface area contributed by atoms with Gasteiger partial charge < -0.3 is 34.0 Å². The second kappa shape index (κ2) is 18.5. The molecular formula is C51H52ClN7O8. The number of carbonyl (C=O) groups is 4. The zero-order valence-electron chi connectivity index (χ0n) is 39.2. The van der Waals surface area contributed by atoms with Crippen LogP contribution in [-0.4, -0.2) is 108 Å². The fourth-order valence-electron chi connectivity index (χ4n) is 8.21. The van der Waals surface area contributed by atoms with Gasteiger partial charge in [-0.05, 0) is 88.4 Å². The van der Waals surface area contributed by atoms with Gasteiger partial charge in [0.15, 0.2) is 0 Å². The van der Waals surface area contributed by atoms with E-state index in [1.165, 1.54) is 16.9 Å². The van der Waals surface area contributed by atoms with Crippen LogP contribution in [0, 0.1) is 10.8 Å². The quantitative estimate of drug-likeness (QED) is 0.107. The van der Waals surface area contributed by atoms with Gasteiger partial charge in [-0.1, -0.05) is 48.0 Å². The molecule has 0 fully saturated rings. The number of hydrogen-bond acceptors (Lipinski definition) is 12. The Kier molecular flexibility index (Phi) is 13.1. The maximum Gasteiger partial charge on any atom is 0.312 e. The molecule has 2 amide bonds. The molecule has 0 radical (unpaired) electrons. The lowest BCUT2D eigenvalue weighted by atomic mass is 9.71. The Morgan fingerprint density at radius 3 is 1.34 bits per heavy atom. The molecule has 346 valence electrons. The van der Waals surface area contributed by atoms with E-state index in [9.17, 15) is 24.3 Å². The van der Waals surface area contributed by atoms with Crippen LogP contribution in [-0.2, 0) is 14.3 Å². The van der Waals surface area contributed by atoms with E-state index in [-0.39, 0.29) is 22.9 Å². The zero-order valence-corrected chi connectivity index (χ0v) is 40.0. The molecule has 2 atom stereocenters. The number of carbonyl (C=O) groups excluding carboxylic acids is 3. The lowest BCUT2D eigenvalue weighted by Crippen LogP contribution is -2.35. The molecule has 1 N–H and O–H groups in total. The average Bonchev–Trinajstić information content (AvgIpc) is 3.31. The number of hydrogen-bond donors (Lipinski definition) is 1. The van der Waals surface area contributed by atoms with E-state index in [0.717, 1.165) is 22.3 Å². The molecule has 8 rings (SSSR count). The lowest BCUT2D eigenvalue weighted by Gasteiger charge is -2.36. The number of fused-ring (bicyclic) bond motifs is 4. The number of aromatic nitrogens is 4. The average molecular weight is 926 g/mol. The van der Waals surface area contributed by atoms with Crippen molar-refractivity contribution >= 4 is 41.2 Å². The Morgan fingerprint density at radius 1 is 0.552 bits per heavy atom. The van der Waals surface area contributed by atoms with Crippen LogP contribution < -0.4 is 14.4 Å². The van der Waals surface area contributed by atoms with Crippen molar-refractivity contribution in [1.82, 2.24) is 29.7 Å². The molecule has 67 heavy (non-hydrogen) atoms. The van der Waals surface area contributed by atoms with Gasteiger partial charge in [0.05, 0.1) is 29.3 Å². The summed E-state index contributed by atoms with van der Waals surface area (Å²) in [7, 11) is 12.0. The minimum Gasteiger partial charge on any atom is -0.481 e. The van der Waals surface area contributed by atoms with Crippen LogP contribution in [0.5, 0.6) is 23.5 Å². The van der Waals surface area contributed by atoms with Crippen LogP contribution >= 0.6 is 11.6 Å². The molecule has 2 aliphatic rings. The normalized spacial score (nSPS) is 14.5. The highest BCUT2D eigenvalue weighted by Crippen LogP contribution is 2.53. The standard InChI is InChI=1S/C26H28N4O4.C25H24ClN3O4/c1-26(2,25(32)33)21-17-11-13-19(15-7-9-16(10-8-15)24(31)30(5)6)27-22(17)34-23-18(21)12-14-20(28-23)29(3)4;1-25(2,24(31)32-5)20-16-10-12-18(14-6-8-15(9-7-14)23(30)29(3)4)27-21(16)33-22-17(20)11-13-19(26)28-22/h7-14,21H,1-6H3,(H,32,33);6-13,20H,1-5H3. The summed E-state index contributed by atoms with van der Waals surface area (Å²) in [6, 6.07) is 29.1. The van der Waals surface area contributed by atoms with E-state index < -0.39 is 28.6 Å². The number of anilines is 1. The predicted molar refractivity (Wildman–Crippen MR) is 254 cm³/mol. The van der Waals surface area contributed by atoms with Crippen LogP contribution in [0.25, 0.3) is 22.5 Å². The van der Waals surface area contributed by atoms with E-state index >= 15 is 0 Å². The Morgan fingerprint density at radius 2 is 0.940 bits per heavy atom. The van der Waals surface area contributed by atoms with Gasteiger partial charge in [0.25, 0.3) is 11.8 Å². The van der Waals surface area contributed by atoms with Gasteiger partial charge in [0, 0.05) is 98.6 Å². The highest BCUT2D eigenvalue weighted by Gasteiger charge is 2.46. The third-order valence-corrected chi connectivity index (χ3v) is 12.2. The predicted octanol–water partition coefficient (Wildman–Crippen LogP) is 9.20. The first-order valence-corrected chi connectivity index (χ1v) is 21.7. The monoisotopic (exact) mass is 925 g/mol. The molecular weight excluding hydrogens is 874 g/mol. The number of amides is 2. The molecule has 0 spiro atoms. The van der Waals surface area contributed by atoms with Gasteiger partial charge in [-0.15, -0.1) is 0 Å². The number of esters is 1. The summed E-state index contributed by atoms with van der Waals surface area (Å²) in [6.07, 6.45) is 0. The van der Waals surface area contributed by atoms with E-state index in [2.05, 4.69) is 9.97 Å². The van der Waals surface area contributed by atoms with Crippen molar-refractivity contribution in [1.29, 1.82) is 0 Å². The third-order valence-electron chi connectivity index (χ3n) is 12.0. The fourth-order valence-corrected chi connectivity index (χ4v) is 8.35. The number of halogens is 1. The Hall–Kier alpha value is -7.39. The van der Waals surface area contributed by atoms with Crippen LogP contribution in [0.4, 0.5) is 5.82 Å². The van der Waals surface area contributed by atoms with Gasteiger partial charge in [-0.2, -0.15) is 4.98 Å². The summed E-state index contributed by atoms with van der Waals surface area (Å²) in [5.74, 6) is -0.253. The Labute approximate surface area is 394 Å². The molecule has 2 aliphatic heterocycles. The van der Waals surface area contributed by atoms with Gasteiger partial charge in [0.1, 0.15) is 11.0 Å². The van der Waals surface area contributed by atoms with Crippen LogP contribution in [0.2, 0.25) is 5.15 Å². The molecule has 4 aromatic heterocycles. The van der Waals surface area contributed by atoms with Gasteiger partial charge >= 0.3 is 11.9 Å². The first-order valence-electron chi connectivity index (χ1n) is 21.3. The minimum absolute atomic E-state index is 0.0734. The first-order chi connectivity index (χ1) is 31.6. The van der Waals surface area contributed by atoms with E-state index in [1.54, 1.807) is 72.4 Å². The van der Waals surface area contributed by atoms with Crippen LogP contribution in [0.1, 0.15) is 82.5 Å². The third kappa shape index (κ3) is 9.24. The first kappa shape index (κ1) is 47.6. The minimum atomic E-state index is -1.12. The molecule has 2 unspecified atom stereocenters. The van der Waals surface area contributed by atoms with Crippen molar-refractivity contribution in [2.75, 3.05) is 54.3 Å². The molecule has 2 aromatic carbocycles. The topological polar surface area (TPSA) is 177 Å². The Balaban J connectivity index is 0.000000199. The largest absolute Gasteiger partial charge is 0.481 e. The maximum atomic E-state index is 12.7. The Bertz CT molecular complexity index is 2900. The smallest absolute Gasteiger partial charge is 0.312 e. The van der Waals surface area contributed by atoms with Crippen molar-refractivity contribution in [3.05, 3.63) is 136 Å². The van der Waals surface area contributed by atoms with Gasteiger partial charge in [0.2, 0.25) is 23.5 Å². The summed E-state index contributed by atoms with van der Waals surface area (Å²) in [4.78, 5) is 72.6. The second-order valence-corrected chi connectivity index (χ2v) is 18.4. The number of carboxylic acids is 1. The van der Waals surface area contributed by atoms with E-state index in [4.69, 9.17) is 35.8 Å². The summed E-state index contributed by atoms with van der Waals surface area (Å²) < 4.78 is 17.2. The number of ether oxygens (including phenoxy) is 3. The van der Waals surface area contributed by atoms with Crippen molar-refractivity contribution in [3.8, 4) is 46.0 Å². The summed E-state index contributed by atoms with van der Waals surface area (Å²) in [6.45, 7) is 7.05. The summed E-state index contributed by atoms with van der Waals surface area (Å²) >= 11 is 6.11. The highest BCUT2D eigenvalue weighted by atomic mass is 35.5. The SMILES string of the molecule is CN(C)C(=O)c1ccc(-c2ccc3c(n2)Oc2nc(N(C)C)ccc2C3C(C)(C)C(=O)O)cc1.COC(=O)C(C)(C)C1c2ccc(Cl)nc2Oc2nc(-c3ccc(C(=O)N(C)C)cc3)ccc21. The van der Waals surface area contributed by atoms with Gasteiger partial charge in [-0.25, -0.2) is 15.0 Å². The number of rotatable bonds is 9. The molecule has 0 saturated heterocycles. The van der Waals surface area contributed by atoms with Gasteiger partial charge in [-0.3, -0.25) is 19.2 Å². The van der Waals surface area contributed by atoms with Crippen LogP contribution in [0.3, 0.4) is 0 Å². The van der Waals surface area contributed by atoms with Crippen molar-refractivity contribution in [2.45, 2.75) is 39.5 Å². The highest BCUT2D eigenvalue weighted by molar-refractivity contribution is 6.29. The van der Waals surface area contributed by atoms with Crippen molar-refractivity contribution < 1.29 is 38.5 Å². The second-order valence-electron chi connectivity index (χ2n) is 18.0. The summed E-state index contributed by atoms with van der Waals surface area (Å²) in [5.41, 5.74) is 5.01. The molecule has 15 nitrogen and oxygen atoms in total. The number of carboxylic acid groups (broad SMARTS) is 1. The van der Waals surface area contributed by atoms with Crippen LogP contribution in [0.15, 0.2) is 97.1 Å². The number of nitrogens with zero attached hydrogens (tertiary/aromatic N) is 7.